The van der Waals surface area contributed by atoms with Crippen LogP contribution in [0.1, 0.15) is 31.4 Å². The summed E-state index contributed by atoms with van der Waals surface area (Å²) >= 11 is 0. The number of aryl methyl sites for hydroxylation is 1. The number of likely N-dealkylation sites (N-methyl/N-ethyl adjacent to an activating group) is 1. The molecule has 0 heterocycles. The maximum absolute atomic E-state index is 13.8. The second kappa shape index (κ2) is 13.2. The quantitative estimate of drug-likeness (QED) is 0.360. The average Bonchev–Trinajstić information content (AvgIpc) is 2.93. The lowest BCUT2D eigenvalue weighted by Crippen LogP contribution is -2.51. The van der Waals surface area contributed by atoms with Crippen LogP contribution in [-0.4, -0.2) is 51.4 Å². The molecule has 0 saturated carbocycles. The van der Waals surface area contributed by atoms with Crippen molar-refractivity contribution in [2.75, 3.05) is 24.5 Å². The summed E-state index contributed by atoms with van der Waals surface area (Å²) in [5.74, 6) is -0.984. The van der Waals surface area contributed by atoms with Crippen molar-refractivity contribution in [2.24, 2.45) is 0 Å². The van der Waals surface area contributed by atoms with Gasteiger partial charge in [-0.1, -0.05) is 36.8 Å². The Labute approximate surface area is 229 Å². The van der Waals surface area contributed by atoms with Crippen molar-refractivity contribution in [3.8, 4) is 5.75 Å². The number of hydrogen-bond acceptors (Lipinski definition) is 5. The average molecular weight is 556 g/mol. The molecule has 208 valence electrons. The Morgan fingerprint density at radius 2 is 1.56 bits per heavy atom. The molecule has 2 amide bonds. The third-order valence-corrected chi connectivity index (χ3v) is 8.01. The topological polar surface area (TPSA) is 96.0 Å². The molecule has 0 radical (unpaired) electrons. The number of nitrogens with one attached hydrogen (secondary N) is 1. The first-order chi connectivity index (χ1) is 18.6. The summed E-state index contributed by atoms with van der Waals surface area (Å²) in [5, 5.41) is 2.59. The second-order valence-corrected chi connectivity index (χ2v) is 10.8. The van der Waals surface area contributed by atoms with Gasteiger partial charge in [0, 0.05) is 13.6 Å². The number of hydrogen-bond donors (Lipinski definition) is 1. The van der Waals surface area contributed by atoms with Crippen molar-refractivity contribution in [1.82, 2.24) is 10.2 Å². The standard InChI is InChI=1S/C29H34FN3O5S/c1-5-27(29(35)31-4)32(19-22-9-7-21(3)8-10-22)28(34)20-33(24-13-11-23(30)12-14-24)39(36,37)26-17-15-25(16-18-26)38-6-2/h7-18,27H,5-6,19-20H2,1-4H3,(H,31,35). The Balaban J connectivity index is 2.03. The van der Waals surface area contributed by atoms with Crippen molar-refractivity contribution in [3.05, 3.63) is 89.7 Å². The number of carbonyl (C=O) groups excluding carboxylic acids is 2. The van der Waals surface area contributed by atoms with Gasteiger partial charge in [0.15, 0.2) is 0 Å². The molecule has 3 aromatic rings. The highest BCUT2D eigenvalue weighted by molar-refractivity contribution is 7.92. The molecule has 0 aromatic heterocycles. The summed E-state index contributed by atoms with van der Waals surface area (Å²) in [4.78, 5) is 27.9. The molecule has 39 heavy (non-hydrogen) atoms. The van der Waals surface area contributed by atoms with Crippen molar-refractivity contribution in [2.45, 2.75) is 44.7 Å². The summed E-state index contributed by atoms with van der Waals surface area (Å²) in [7, 11) is -2.77. The summed E-state index contributed by atoms with van der Waals surface area (Å²) in [6.07, 6.45) is 0.319. The maximum atomic E-state index is 13.8. The van der Waals surface area contributed by atoms with Crippen LogP contribution in [0.15, 0.2) is 77.7 Å². The first-order valence-corrected chi connectivity index (χ1v) is 14.1. The van der Waals surface area contributed by atoms with Crippen molar-refractivity contribution in [1.29, 1.82) is 0 Å². The minimum Gasteiger partial charge on any atom is -0.494 e. The molecular weight excluding hydrogens is 521 g/mol. The number of nitrogens with zero attached hydrogens (tertiary/aromatic N) is 2. The van der Waals surface area contributed by atoms with E-state index in [0.29, 0.717) is 18.8 Å². The normalized spacial score (nSPS) is 11.9. The summed E-state index contributed by atoms with van der Waals surface area (Å²) < 4.78 is 47.7. The van der Waals surface area contributed by atoms with E-state index in [2.05, 4.69) is 5.32 Å². The number of anilines is 1. The molecule has 0 bridgehead atoms. The molecule has 0 spiro atoms. The largest absolute Gasteiger partial charge is 0.494 e. The Morgan fingerprint density at radius 1 is 0.949 bits per heavy atom. The maximum Gasteiger partial charge on any atom is 0.264 e. The molecular formula is C29H34FN3O5S. The van der Waals surface area contributed by atoms with Crippen LogP contribution in [0, 0.1) is 12.7 Å². The predicted octanol–water partition coefficient (Wildman–Crippen LogP) is 4.28. The van der Waals surface area contributed by atoms with Crippen LogP contribution < -0.4 is 14.4 Å². The fourth-order valence-electron chi connectivity index (χ4n) is 4.11. The molecule has 1 atom stereocenters. The van der Waals surface area contributed by atoms with Gasteiger partial charge in [-0.05, 0) is 74.4 Å². The Morgan fingerprint density at radius 3 is 2.10 bits per heavy atom. The zero-order valence-electron chi connectivity index (χ0n) is 22.6. The molecule has 8 nitrogen and oxygen atoms in total. The highest BCUT2D eigenvalue weighted by Crippen LogP contribution is 2.26. The van der Waals surface area contributed by atoms with Gasteiger partial charge in [-0.15, -0.1) is 0 Å². The molecule has 0 aliphatic rings. The monoisotopic (exact) mass is 555 g/mol. The highest BCUT2D eigenvalue weighted by Gasteiger charge is 2.33. The SMILES string of the molecule is CCOc1ccc(S(=O)(=O)N(CC(=O)N(Cc2ccc(C)cc2)C(CC)C(=O)NC)c2ccc(F)cc2)cc1. The van der Waals surface area contributed by atoms with Gasteiger partial charge >= 0.3 is 0 Å². The number of sulfonamides is 1. The lowest BCUT2D eigenvalue weighted by molar-refractivity contribution is -0.140. The van der Waals surface area contributed by atoms with Crippen molar-refractivity contribution >= 4 is 27.5 Å². The van der Waals surface area contributed by atoms with Crippen LogP contribution in [0.2, 0.25) is 0 Å². The van der Waals surface area contributed by atoms with Gasteiger partial charge in [0.05, 0.1) is 17.2 Å². The number of carbonyl (C=O) groups is 2. The van der Waals surface area contributed by atoms with Crippen molar-refractivity contribution < 1.29 is 27.1 Å². The van der Waals surface area contributed by atoms with Crippen LogP contribution in [-0.2, 0) is 26.2 Å². The van der Waals surface area contributed by atoms with Crippen LogP contribution in [0.5, 0.6) is 5.75 Å². The van der Waals surface area contributed by atoms with E-state index >= 15 is 0 Å². The minimum atomic E-state index is -4.26. The second-order valence-electron chi connectivity index (χ2n) is 8.94. The highest BCUT2D eigenvalue weighted by atomic mass is 32.2. The van der Waals surface area contributed by atoms with E-state index in [-0.39, 0.29) is 23.0 Å². The van der Waals surface area contributed by atoms with E-state index in [0.717, 1.165) is 27.6 Å². The van der Waals surface area contributed by atoms with E-state index in [4.69, 9.17) is 4.74 Å². The molecule has 1 unspecified atom stereocenters. The van der Waals surface area contributed by atoms with Crippen LogP contribution in [0.25, 0.3) is 0 Å². The van der Waals surface area contributed by atoms with Gasteiger partial charge in [0.1, 0.15) is 24.2 Å². The molecule has 1 N–H and O–H groups in total. The number of ether oxygens (including phenoxy) is 1. The number of amides is 2. The lowest BCUT2D eigenvalue weighted by Gasteiger charge is -2.33. The van der Waals surface area contributed by atoms with E-state index in [1.165, 1.54) is 48.3 Å². The van der Waals surface area contributed by atoms with Gasteiger partial charge in [-0.25, -0.2) is 12.8 Å². The molecule has 3 aromatic carbocycles. The van der Waals surface area contributed by atoms with Crippen LogP contribution in [0.4, 0.5) is 10.1 Å². The van der Waals surface area contributed by atoms with E-state index in [1.807, 2.05) is 38.1 Å². The van der Waals surface area contributed by atoms with E-state index < -0.39 is 34.3 Å². The Hall–Kier alpha value is -3.92. The smallest absolute Gasteiger partial charge is 0.264 e. The summed E-state index contributed by atoms with van der Waals surface area (Å²) in [6, 6.07) is 17.4. The third kappa shape index (κ3) is 7.35. The van der Waals surface area contributed by atoms with Gasteiger partial charge < -0.3 is 15.0 Å². The summed E-state index contributed by atoms with van der Waals surface area (Å²) in [6.45, 7) is 5.47. The summed E-state index contributed by atoms with van der Waals surface area (Å²) in [5.41, 5.74) is 1.94. The zero-order valence-corrected chi connectivity index (χ0v) is 23.4. The fraction of sp³-hybridized carbons (Fsp3) is 0.310. The molecule has 3 rings (SSSR count). The van der Waals surface area contributed by atoms with Crippen molar-refractivity contribution in [3.63, 3.8) is 0 Å². The van der Waals surface area contributed by atoms with Gasteiger partial charge in [0.2, 0.25) is 11.8 Å². The van der Waals surface area contributed by atoms with Gasteiger partial charge in [0.25, 0.3) is 10.0 Å². The molecule has 0 aliphatic carbocycles. The Bertz CT molecular complexity index is 1360. The molecule has 10 heteroatoms. The predicted molar refractivity (Wildman–Crippen MR) is 148 cm³/mol. The molecule has 0 aliphatic heterocycles. The number of benzene rings is 3. The lowest BCUT2D eigenvalue weighted by atomic mass is 10.1. The first-order valence-electron chi connectivity index (χ1n) is 12.7. The molecule has 0 fully saturated rings. The van der Waals surface area contributed by atoms with E-state index in [9.17, 15) is 22.4 Å². The third-order valence-electron chi connectivity index (χ3n) is 6.22. The number of halogens is 1. The van der Waals surface area contributed by atoms with Crippen LogP contribution >= 0.6 is 0 Å². The van der Waals surface area contributed by atoms with Gasteiger partial charge in [-0.2, -0.15) is 0 Å². The number of rotatable bonds is 12. The fourth-order valence-corrected chi connectivity index (χ4v) is 5.53. The Kier molecular flexibility index (Phi) is 10.1. The van der Waals surface area contributed by atoms with Crippen LogP contribution in [0.3, 0.4) is 0 Å². The van der Waals surface area contributed by atoms with E-state index in [1.54, 1.807) is 6.92 Å². The first kappa shape index (κ1) is 29.6. The van der Waals surface area contributed by atoms with Gasteiger partial charge in [-0.3, -0.25) is 13.9 Å². The zero-order chi connectivity index (χ0) is 28.6. The minimum absolute atomic E-state index is 0.0634. The molecule has 0 saturated heterocycles.